The maximum Gasteiger partial charge on any atom is 0.264 e. The van der Waals surface area contributed by atoms with Crippen LogP contribution in [-0.4, -0.2) is 36.1 Å². The first-order chi connectivity index (χ1) is 14.8. The first-order valence-electron chi connectivity index (χ1n) is 9.49. The summed E-state index contributed by atoms with van der Waals surface area (Å²) in [6, 6.07) is 15.9. The van der Waals surface area contributed by atoms with Crippen LogP contribution in [0.4, 0.5) is 11.6 Å². The van der Waals surface area contributed by atoms with Gasteiger partial charge in [-0.25, -0.2) is 18.4 Å². The van der Waals surface area contributed by atoms with Crippen molar-refractivity contribution in [3.63, 3.8) is 0 Å². The van der Waals surface area contributed by atoms with E-state index in [4.69, 9.17) is 11.6 Å². The zero-order chi connectivity index (χ0) is 22.4. The summed E-state index contributed by atoms with van der Waals surface area (Å²) in [5.74, 6) is 1.13. The number of rotatable bonds is 9. The maximum absolute atomic E-state index is 13.0. The second-order valence-corrected chi connectivity index (χ2v) is 9.88. The van der Waals surface area contributed by atoms with Gasteiger partial charge in [-0.2, -0.15) is 0 Å². The van der Waals surface area contributed by atoms with E-state index >= 15 is 0 Å². The van der Waals surface area contributed by atoms with Crippen molar-refractivity contribution >= 4 is 45.0 Å². The Bertz CT molecular complexity index is 1120. The van der Waals surface area contributed by atoms with Crippen LogP contribution in [0.2, 0.25) is 5.02 Å². The third kappa shape index (κ3) is 6.33. The lowest BCUT2D eigenvalue weighted by atomic mass is 10.2. The van der Waals surface area contributed by atoms with Gasteiger partial charge in [-0.3, -0.25) is 4.72 Å². The highest BCUT2D eigenvalue weighted by atomic mass is 35.5. The van der Waals surface area contributed by atoms with Crippen LogP contribution in [0, 0.1) is 6.92 Å². The van der Waals surface area contributed by atoms with Gasteiger partial charge in [0.15, 0.2) is 5.16 Å². The number of hydrogen-bond donors (Lipinski definition) is 3. The van der Waals surface area contributed by atoms with Crippen LogP contribution < -0.4 is 10.0 Å². The number of nitrogens with zero attached hydrogens (tertiary/aromatic N) is 2. The summed E-state index contributed by atoms with van der Waals surface area (Å²) >= 11 is 7.53. The molecule has 0 amide bonds. The van der Waals surface area contributed by atoms with Crippen molar-refractivity contribution in [2.24, 2.45) is 0 Å². The molecule has 1 atom stereocenters. The molecule has 0 fully saturated rings. The number of hydrogen-bond acceptors (Lipinski definition) is 7. The van der Waals surface area contributed by atoms with Crippen LogP contribution in [-0.2, 0) is 15.8 Å². The summed E-state index contributed by atoms with van der Waals surface area (Å²) in [5, 5.41) is 12.9. The monoisotopic (exact) mass is 478 g/mol. The van der Waals surface area contributed by atoms with Crippen LogP contribution in [0.15, 0.2) is 64.6 Å². The van der Waals surface area contributed by atoms with E-state index in [1.807, 2.05) is 30.3 Å². The number of halogens is 1. The summed E-state index contributed by atoms with van der Waals surface area (Å²) < 4.78 is 28.5. The molecule has 0 radical (unpaired) electrons. The molecule has 0 bridgehead atoms. The predicted octanol–water partition coefficient (Wildman–Crippen LogP) is 4.32. The van der Waals surface area contributed by atoms with Crippen molar-refractivity contribution in [2.45, 2.75) is 35.7 Å². The van der Waals surface area contributed by atoms with Crippen molar-refractivity contribution in [3.8, 4) is 0 Å². The van der Waals surface area contributed by atoms with E-state index in [0.717, 1.165) is 5.56 Å². The molecule has 0 unspecified atom stereocenters. The molecule has 0 aliphatic heterocycles. The van der Waals surface area contributed by atoms with Gasteiger partial charge in [0.2, 0.25) is 0 Å². The van der Waals surface area contributed by atoms with Crippen LogP contribution in [0.25, 0.3) is 0 Å². The molecule has 3 rings (SSSR count). The van der Waals surface area contributed by atoms with Crippen LogP contribution in [0.5, 0.6) is 0 Å². The summed E-state index contributed by atoms with van der Waals surface area (Å²) in [6.45, 7) is 3.36. The average Bonchev–Trinajstić information content (AvgIpc) is 2.72. The fourth-order valence-corrected chi connectivity index (χ4v) is 5.42. The Kier molecular flexibility index (Phi) is 7.77. The first-order valence-corrected chi connectivity index (χ1v) is 12.3. The van der Waals surface area contributed by atoms with Gasteiger partial charge < -0.3 is 10.4 Å². The average molecular weight is 479 g/mol. The Labute approximate surface area is 191 Å². The summed E-state index contributed by atoms with van der Waals surface area (Å²) in [7, 11) is -3.97. The Balaban J connectivity index is 1.91. The number of benzene rings is 2. The molecule has 0 saturated carbocycles. The predicted molar refractivity (Wildman–Crippen MR) is 125 cm³/mol. The van der Waals surface area contributed by atoms with Gasteiger partial charge in [-0.15, -0.1) is 0 Å². The molecule has 0 spiro atoms. The van der Waals surface area contributed by atoms with E-state index in [2.05, 4.69) is 20.0 Å². The summed E-state index contributed by atoms with van der Waals surface area (Å²) in [4.78, 5) is 8.82. The number of aromatic nitrogens is 2. The van der Waals surface area contributed by atoms with Crippen molar-refractivity contribution in [3.05, 3.63) is 70.7 Å². The molecular weight excluding hydrogens is 456 g/mol. The Hall–Kier alpha value is -2.33. The zero-order valence-corrected chi connectivity index (χ0v) is 19.4. The minimum atomic E-state index is -3.97. The van der Waals surface area contributed by atoms with E-state index in [0.29, 0.717) is 22.3 Å². The van der Waals surface area contributed by atoms with E-state index < -0.39 is 10.0 Å². The fourth-order valence-electron chi connectivity index (χ4n) is 2.78. The molecule has 3 aromatic rings. The van der Waals surface area contributed by atoms with E-state index in [1.165, 1.54) is 23.9 Å². The molecule has 0 aliphatic rings. The molecule has 164 valence electrons. The molecule has 31 heavy (non-hydrogen) atoms. The molecule has 0 saturated heterocycles. The number of sulfonamides is 1. The van der Waals surface area contributed by atoms with Crippen LogP contribution >= 0.6 is 23.4 Å². The second kappa shape index (κ2) is 10.3. The minimum Gasteiger partial charge on any atom is -0.394 e. The first kappa shape index (κ1) is 23.3. The highest BCUT2D eigenvalue weighted by molar-refractivity contribution is 7.98. The molecule has 7 nitrogen and oxygen atoms in total. The third-order valence-electron chi connectivity index (χ3n) is 4.26. The van der Waals surface area contributed by atoms with Crippen LogP contribution in [0.3, 0.4) is 0 Å². The summed E-state index contributed by atoms with van der Waals surface area (Å²) in [6.07, 6.45) is 0. The fraction of sp³-hybridized carbons (Fsp3) is 0.238. The zero-order valence-electron chi connectivity index (χ0n) is 17.0. The van der Waals surface area contributed by atoms with Crippen molar-refractivity contribution < 1.29 is 13.5 Å². The number of anilines is 2. The lowest BCUT2D eigenvalue weighted by molar-refractivity contribution is 0.281. The normalized spacial score (nSPS) is 12.4. The van der Waals surface area contributed by atoms with Crippen molar-refractivity contribution in [2.75, 3.05) is 16.6 Å². The number of nitrogens with one attached hydrogen (secondary N) is 2. The second-order valence-electron chi connectivity index (χ2n) is 6.91. The number of aliphatic hydroxyl groups is 1. The minimum absolute atomic E-state index is 0.00648. The molecule has 3 N–H and O–H groups in total. The quantitative estimate of drug-likeness (QED) is 0.310. The highest BCUT2D eigenvalue weighted by Crippen LogP contribution is 2.28. The number of aryl methyl sites for hydroxylation is 1. The summed E-state index contributed by atoms with van der Waals surface area (Å²) in [5.41, 5.74) is 1.62. The van der Waals surface area contributed by atoms with Gasteiger partial charge in [-0.1, -0.05) is 65.8 Å². The lowest BCUT2D eigenvalue weighted by Crippen LogP contribution is -2.21. The molecule has 1 aromatic heterocycles. The van der Waals surface area contributed by atoms with Gasteiger partial charge in [0, 0.05) is 17.9 Å². The van der Waals surface area contributed by atoms with Gasteiger partial charge in [0.25, 0.3) is 10.0 Å². The topological polar surface area (TPSA) is 104 Å². The Morgan fingerprint density at radius 3 is 2.48 bits per heavy atom. The van der Waals surface area contributed by atoms with E-state index in [9.17, 15) is 13.5 Å². The lowest BCUT2D eigenvalue weighted by Gasteiger charge is -2.15. The molecule has 1 heterocycles. The smallest absolute Gasteiger partial charge is 0.264 e. The van der Waals surface area contributed by atoms with Crippen molar-refractivity contribution in [1.82, 2.24) is 9.97 Å². The van der Waals surface area contributed by atoms with Gasteiger partial charge >= 0.3 is 0 Å². The van der Waals surface area contributed by atoms with Gasteiger partial charge in [-0.05, 0) is 31.0 Å². The Morgan fingerprint density at radius 2 is 1.81 bits per heavy atom. The number of aliphatic hydroxyl groups excluding tert-OH is 1. The Morgan fingerprint density at radius 1 is 1.10 bits per heavy atom. The van der Waals surface area contributed by atoms with Crippen LogP contribution in [0.1, 0.15) is 18.1 Å². The highest BCUT2D eigenvalue weighted by Gasteiger charge is 2.22. The third-order valence-corrected chi connectivity index (χ3v) is 7.16. The van der Waals surface area contributed by atoms with Gasteiger partial charge in [0.1, 0.15) is 16.5 Å². The number of thioether (sulfide) groups is 1. The molecule has 10 heteroatoms. The van der Waals surface area contributed by atoms with E-state index in [1.54, 1.807) is 26.0 Å². The van der Waals surface area contributed by atoms with Gasteiger partial charge in [0.05, 0.1) is 11.6 Å². The standard InChI is InChI=1S/C21H23ClN4O3S2/c1-14-7-6-10-17(22)20(14)31(28,29)26-19-11-18(23-15(2)12-27)24-21(25-19)30-13-16-8-4-3-5-9-16/h3-11,15,27H,12-13H2,1-2H3,(H2,23,24,25,26)/t15-/m1/s1. The molecular formula is C21H23ClN4O3S2. The molecule has 2 aromatic carbocycles. The van der Waals surface area contributed by atoms with E-state index in [-0.39, 0.29) is 28.4 Å². The van der Waals surface area contributed by atoms with Crippen molar-refractivity contribution in [1.29, 1.82) is 0 Å². The molecule has 0 aliphatic carbocycles. The maximum atomic E-state index is 13.0. The SMILES string of the molecule is Cc1cccc(Cl)c1S(=O)(=O)Nc1cc(N[C@H](C)CO)nc(SCc2ccccc2)n1. The largest absolute Gasteiger partial charge is 0.394 e.